The number of aliphatic hydroxyl groups is 1. The Hall–Kier alpha value is -4.34. The molecule has 11 nitrogen and oxygen atoms in total. The molecule has 1 aliphatic rings. The van der Waals surface area contributed by atoms with Crippen molar-refractivity contribution in [2.24, 2.45) is 5.92 Å². The Bertz CT molecular complexity index is 1650. The largest absolute Gasteiger partial charge is 0.497 e. The van der Waals surface area contributed by atoms with Gasteiger partial charge in [0.15, 0.2) is 5.75 Å². The Morgan fingerprint density at radius 3 is 2.35 bits per heavy atom. The van der Waals surface area contributed by atoms with Crippen LogP contribution in [-0.2, 0) is 16.2 Å². The fourth-order valence-corrected chi connectivity index (χ4v) is 6.05. The first-order valence-electron chi connectivity index (χ1n) is 14.2. The second-order valence-electron chi connectivity index (χ2n) is 10.9. The summed E-state index contributed by atoms with van der Waals surface area (Å²) in [6.45, 7) is 3.10. The van der Waals surface area contributed by atoms with Gasteiger partial charge in [-0.1, -0.05) is 13.0 Å². The molecule has 3 amide bonds. The van der Waals surface area contributed by atoms with Crippen molar-refractivity contribution in [3.8, 4) is 11.5 Å². The van der Waals surface area contributed by atoms with E-state index in [9.17, 15) is 36.3 Å². The van der Waals surface area contributed by atoms with Crippen molar-refractivity contribution in [3.05, 3.63) is 77.9 Å². The zero-order valence-corrected chi connectivity index (χ0v) is 26.4. The molecule has 3 N–H and O–H groups in total. The number of nitrogens with one attached hydrogen (secondary N) is 2. The maximum atomic E-state index is 13.7. The minimum atomic E-state index is -4.54. The first-order chi connectivity index (χ1) is 21.6. The highest BCUT2D eigenvalue weighted by atomic mass is 32.2. The number of aliphatic hydroxyl groups excluding tert-OH is 1. The monoisotopic (exact) mass is 664 g/mol. The van der Waals surface area contributed by atoms with Crippen LogP contribution >= 0.6 is 0 Å². The molecular weight excluding hydrogens is 629 g/mol. The number of para-hydroxylation sites is 1. The third kappa shape index (κ3) is 7.71. The number of amides is 3. The SMILES string of the molecule is COc1ccc(S(=O)(=O)N(C)C[C@@H]2Oc3c(NC(=O)Nc4ccc(C(F)(F)F)cc4)cccc3C(=O)N([C@@H](C)CO)C[C@@H]2C)cc1. The van der Waals surface area contributed by atoms with E-state index in [4.69, 9.17) is 9.47 Å². The molecule has 46 heavy (non-hydrogen) atoms. The number of carbonyl (C=O) groups excluding carboxylic acids is 2. The van der Waals surface area contributed by atoms with Crippen molar-refractivity contribution < 1.29 is 45.8 Å². The number of urea groups is 1. The van der Waals surface area contributed by atoms with Crippen LogP contribution in [0, 0.1) is 5.92 Å². The van der Waals surface area contributed by atoms with E-state index < -0.39 is 51.8 Å². The molecule has 3 aromatic carbocycles. The van der Waals surface area contributed by atoms with Gasteiger partial charge in [-0.15, -0.1) is 0 Å². The number of methoxy groups -OCH3 is 1. The number of fused-ring (bicyclic) bond motifs is 1. The van der Waals surface area contributed by atoms with Gasteiger partial charge in [-0.25, -0.2) is 13.2 Å². The first kappa shape index (κ1) is 34.5. The third-order valence-electron chi connectivity index (χ3n) is 7.61. The number of nitrogens with zero attached hydrogens (tertiary/aromatic N) is 2. The Morgan fingerprint density at radius 1 is 1.11 bits per heavy atom. The molecule has 15 heteroatoms. The summed E-state index contributed by atoms with van der Waals surface area (Å²) >= 11 is 0. The highest BCUT2D eigenvalue weighted by Gasteiger charge is 2.36. The van der Waals surface area contributed by atoms with E-state index in [0.717, 1.165) is 28.6 Å². The molecule has 0 saturated heterocycles. The van der Waals surface area contributed by atoms with Crippen molar-refractivity contribution in [1.29, 1.82) is 0 Å². The molecule has 0 aromatic heterocycles. The van der Waals surface area contributed by atoms with E-state index in [0.29, 0.717) is 5.75 Å². The van der Waals surface area contributed by atoms with Crippen LogP contribution in [-0.4, -0.2) is 80.7 Å². The van der Waals surface area contributed by atoms with E-state index in [1.807, 2.05) is 0 Å². The normalized spacial score (nSPS) is 17.8. The van der Waals surface area contributed by atoms with E-state index in [1.165, 1.54) is 61.5 Å². The maximum absolute atomic E-state index is 13.7. The number of sulfonamides is 1. The smallest absolute Gasteiger partial charge is 0.416 e. The summed E-state index contributed by atoms with van der Waals surface area (Å²) in [5.41, 5.74) is -0.673. The van der Waals surface area contributed by atoms with Crippen molar-refractivity contribution in [3.63, 3.8) is 0 Å². The Morgan fingerprint density at radius 2 is 1.76 bits per heavy atom. The minimum Gasteiger partial charge on any atom is -0.497 e. The molecule has 0 radical (unpaired) electrons. The number of anilines is 2. The van der Waals surface area contributed by atoms with Crippen molar-refractivity contribution >= 4 is 33.3 Å². The van der Waals surface area contributed by atoms with Crippen LogP contribution in [0.15, 0.2) is 71.6 Å². The van der Waals surface area contributed by atoms with Gasteiger partial charge in [-0.2, -0.15) is 17.5 Å². The Kier molecular flexibility index (Phi) is 10.5. The van der Waals surface area contributed by atoms with Gasteiger partial charge in [0.2, 0.25) is 10.0 Å². The highest BCUT2D eigenvalue weighted by molar-refractivity contribution is 7.89. The van der Waals surface area contributed by atoms with Gasteiger partial charge in [0.05, 0.1) is 48.0 Å². The molecule has 3 aromatic rings. The maximum Gasteiger partial charge on any atom is 0.416 e. The molecule has 0 unspecified atom stereocenters. The van der Waals surface area contributed by atoms with Crippen LogP contribution < -0.4 is 20.1 Å². The van der Waals surface area contributed by atoms with Gasteiger partial charge in [0.1, 0.15) is 11.9 Å². The summed E-state index contributed by atoms with van der Waals surface area (Å²) in [7, 11) is -1.11. The summed E-state index contributed by atoms with van der Waals surface area (Å²) in [5.74, 6) is -0.473. The van der Waals surface area contributed by atoms with E-state index in [1.54, 1.807) is 13.8 Å². The average Bonchev–Trinajstić information content (AvgIpc) is 3.02. The predicted octanol–water partition coefficient (Wildman–Crippen LogP) is 4.90. The zero-order chi connectivity index (χ0) is 33.8. The molecule has 248 valence electrons. The number of ether oxygens (including phenoxy) is 2. The van der Waals surface area contributed by atoms with Crippen LogP contribution in [0.3, 0.4) is 0 Å². The summed E-state index contributed by atoms with van der Waals surface area (Å²) in [6, 6.07) is 12.8. The van der Waals surface area contributed by atoms with Crippen molar-refractivity contribution in [2.45, 2.75) is 37.1 Å². The second kappa shape index (κ2) is 14.0. The molecule has 1 aliphatic heterocycles. The summed E-state index contributed by atoms with van der Waals surface area (Å²) in [6.07, 6.45) is -5.37. The fraction of sp³-hybridized carbons (Fsp3) is 0.355. The number of hydrogen-bond acceptors (Lipinski definition) is 7. The Balaban J connectivity index is 1.65. The van der Waals surface area contributed by atoms with E-state index in [2.05, 4.69) is 10.6 Å². The molecule has 4 rings (SSSR count). The lowest BCUT2D eigenvalue weighted by atomic mass is 9.99. The van der Waals surface area contributed by atoms with Gasteiger partial charge < -0.3 is 30.1 Å². The van der Waals surface area contributed by atoms with Crippen molar-refractivity contribution in [2.75, 3.05) is 44.5 Å². The lowest BCUT2D eigenvalue weighted by Gasteiger charge is -2.38. The topological polar surface area (TPSA) is 138 Å². The van der Waals surface area contributed by atoms with Crippen LogP contribution in [0.25, 0.3) is 0 Å². The van der Waals surface area contributed by atoms with Crippen LogP contribution in [0.1, 0.15) is 29.8 Å². The highest BCUT2D eigenvalue weighted by Crippen LogP contribution is 2.36. The van der Waals surface area contributed by atoms with Gasteiger partial charge in [0.25, 0.3) is 5.91 Å². The molecule has 0 fully saturated rings. The van der Waals surface area contributed by atoms with Gasteiger partial charge in [-0.05, 0) is 67.6 Å². The van der Waals surface area contributed by atoms with Gasteiger partial charge >= 0.3 is 12.2 Å². The standard InChI is InChI=1S/C31H35F3N4O7S/c1-19-16-38(20(2)18-39)29(40)25-6-5-7-26(36-30(41)35-22-10-8-21(9-11-22)31(32,33)34)28(25)45-27(19)17-37(3)46(42,43)24-14-12-23(44-4)13-15-24/h5-15,19-20,27,39H,16-18H2,1-4H3,(H2,35,36,41)/t19-,20-,27-/m0/s1. The van der Waals surface area contributed by atoms with Crippen LogP contribution in [0.4, 0.5) is 29.3 Å². The molecule has 0 spiro atoms. The van der Waals surface area contributed by atoms with Crippen LogP contribution in [0.2, 0.25) is 0 Å². The molecular formula is C31H35F3N4O7S. The summed E-state index contributed by atoms with van der Waals surface area (Å²) in [5, 5.41) is 14.9. The minimum absolute atomic E-state index is 0.0303. The average molecular weight is 665 g/mol. The zero-order valence-electron chi connectivity index (χ0n) is 25.5. The fourth-order valence-electron chi connectivity index (χ4n) is 4.87. The van der Waals surface area contributed by atoms with Crippen LogP contribution in [0.5, 0.6) is 11.5 Å². The quantitative estimate of drug-likeness (QED) is 0.296. The molecule has 3 atom stereocenters. The van der Waals surface area contributed by atoms with E-state index in [-0.39, 0.29) is 47.3 Å². The number of halogens is 3. The summed E-state index contributed by atoms with van der Waals surface area (Å²) in [4.78, 5) is 28.1. The summed E-state index contributed by atoms with van der Waals surface area (Å²) < 4.78 is 78.3. The first-order valence-corrected chi connectivity index (χ1v) is 15.7. The third-order valence-corrected chi connectivity index (χ3v) is 9.45. The molecule has 1 heterocycles. The number of rotatable bonds is 9. The number of benzene rings is 3. The number of carbonyl (C=O) groups is 2. The molecule has 0 saturated carbocycles. The van der Waals surface area contributed by atoms with Crippen molar-refractivity contribution in [1.82, 2.24) is 9.21 Å². The van der Waals surface area contributed by atoms with Gasteiger partial charge in [-0.3, -0.25) is 4.79 Å². The molecule has 0 aliphatic carbocycles. The number of hydrogen-bond donors (Lipinski definition) is 3. The lowest BCUT2D eigenvalue weighted by Crippen LogP contribution is -2.50. The second-order valence-corrected chi connectivity index (χ2v) is 13.0. The number of alkyl halides is 3. The van der Waals surface area contributed by atoms with E-state index >= 15 is 0 Å². The van der Waals surface area contributed by atoms with Gasteiger partial charge in [0, 0.05) is 25.2 Å². The number of likely N-dealkylation sites (N-methyl/N-ethyl adjacent to an activating group) is 1. The molecule has 0 bridgehead atoms. The lowest BCUT2D eigenvalue weighted by molar-refractivity contribution is -0.137. The Labute approximate surface area is 265 Å². The predicted molar refractivity (Wildman–Crippen MR) is 165 cm³/mol.